The van der Waals surface area contributed by atoms with Gasteiger partial charge in [-0.05, 0) is 25.7 Å². The van der Waals surface area contributed by atoms with Gasteiger partial charge in [-0.25, -0.2) is 0 Å². The van der Waals surface area contributed by atoms with Crippen LogP contribution in [0.5, 0.6) is 0 Å². The summed E-state index contributed by atoms with van der Waals surface area (Å²) < 4.78 is 0. The predicted octanol–water partition coefficient (Wildman–Crippen LogP) is 11.2. The summed E-state index contributed by atoms with van der Waals surface area (Å²) >= 11 is 0. The van der Waals surface area contributed by atoms with E-state index < -0.39 is 0 Å². The highest BCUT2D eigenvalue weighted by Crippen LogP contribution is 2.24. The molecule has 2 nitrogen and oxygen atoms in total. The van der Waals surface area contributed by atoms with Gasteiger partial charge in [0.05, 0.1) is 0 Å². The molecule has 0 fully saturated rings. The fraction of sp³-hybridized carbons (Fsp3) is 0.939. The van der Waals surface area contributed by atoms with E-state index in [2.05, 4.69) is 43.0 Å². The minimum Gasteiger partial charge on any atom is -0.356 e. The molecule has 0 aliphatic carbocycles. The van der Waals surface area contributed by atoms with Crippen molar-refractivity contribution in [2.24, 2.45) is 0 Å². The maximum atomic E-state index is 2.69. The van der Waals surface area contributed by atoms with Crippen molar-refractivity contribution in [3.05, 3.63) is 12.4 Å². The summed E-state index contributed by atoms with van der Waals surface area (Å²) in [4.78, 5) is 5.38. The summed E-state index contributed by atoms with van der Waals surface area (Å²) in [5, 5.41) is 0. The van der Waals surface area contributed by atoms with E-state index in [1.54, 1.807) is 0 Å². The lowest BCUT2D eigenvalue weighted by Gasteiger charge is -2.33. The van der Waals surface area contributed by atoms with Crippen LogP contribution in [0.4, 0.5) is 0 Å². The molecule has 0 aromatic heterocycles. The van der Waals surface area contributed by atoms with Gasteiger partial charge in [0, 0.05) is 25.5 Å². The van der Waals surface area contributed by atoms with Gasteiger partial charge in [-0.15, -0.1) is 0 Å². The maximum absolute atomic E-state index is 2.69. The lowest BCUT2D eigenvalue weighted by atomic mass is 10.0. The van der Waals surface area contributed by atoms with E-state index in [0.717, 1.165) is 0 Å². The van der Waals surface area contributed by atoms with Crippen molar-refractivity contribution in [3.63, 3.8) is 0 Å². The van der Waals surface area contributed by atoms with Crippen LogP contribution in [0.15, 0.2) is 12.4 Å². The fourth-order valence-corrected chi connectivity index (χ4v) is 5.66. The van der Waals surface area contributed by atoms with Gasteiger partial charge < -0.3 is 9.80 Å². The van der Waals surface area contributed by atoms with E-state index in [1.165, 1.54) is 174 Å². The van der Waals surface area contributed by atoms with Crippen LogP contribution in [0.3, 0.4) is 0 Å². The number of hydrogen-bond acceptors (Lipinski definition) is 2. The van der Waals surface area contributed by atoms with E-state index in [1.807, 2.05) is 0 Å². The van der Waals surface area contributed by atoms with Gasteiger partial charge in [0.15, 0.2) is 0 Å². The maximum Gasteiger partial charge on any atom is 0.101 e. The van der Waals surface area contributed by atoms with E-state index in [0.29, 0.717) is 6.17 Å². The van der Waals surface area contributed by atoms with Gasteiger partial charge >= 0.3 is 0 Å². The van der Waals surface area contributed by atoms with Crippen LogP contribution in [0.2, 0.25) is 0 Å². The molecule has 0 aromatic carbocycles. The van der Waals surface area contributed by atoms with Gasteiger partial charge in [0.1, 0.15) is 6.17 Å². The Kier molecular flexibility index (Phi) is 23.1. The molecule has 0 saturated carbocycles. The van der Waals surface area contributed by atoms with Crippen molar-refractivity contribution in [3.8, 4) is 0 Å². The zero-order valence-corrected chi connectivity index (χ0v) is 24.7. The second kappa shape index (κ2) is 25.0. The average molecular weight is 491 g/mol. The van der Waals surface area contributed by atoms with Crippen molar-refractivity contribution < 1.29 is 0 Å². The van der Waals surface area contributed by atoms with Crippen molar-refractivity contribution in [1.29, 1.82) is 0 Å². The minimum atomic E-state index is 0.643. The highest BCUT2D eigenvalue weighted by atomic mass is 15.4. The number of rotatable bonds is 27. The standard InChI is InChI=1S/C33H66N2/c1-4-7-10-13-16-17-18-19-20-21-22-25-28-33-34(29-26-23-14-11-8-5-2)31-32-35(33)30-27-24-15-12-9-6-3/h31-33H,4-30H2,1-3H3. The lowest BCUT2D eigenvalue weighted by molar-refractivity contribution is 0.135. The van der Waals surface area contributed by atoms with Gasteiger partial charge in [-0.1, -0.05) is 156 Å². The van der Waals surface area contributed by atoms with E-state index in [4.69, 9.17) is 0 Å². The second-order valence-electron chi connectivity index (χ2n) is 11.5. The third-order valence-electron chi connectivity index (χ3n) is 8.07. The highest BCUT2D eigenvalue weighted by molar-refractivity contribution is 4.97. The Hall–Kier alpha value is -0.660. The summed E-state index contributed by atoms with van der Waals surface area (Å²) in [7, 11) is 0. The molecule has 0 saturated heterocycles. The first-order chi connectivity index (χ1) is 17.3. The molecule has 0 atom stereocenters. The summed E-state index contributed by atoms with van der Waals surface area (Å²) in [5.74, 6) is 0. The normalized spacial score (nSPS) is 14.0. The van der Waals surface area contributed by atoms with Gasteiger partial charge in [0.25, 0.3) is 0 Å². The summed E-state index contributed by atoms with van der Waals surface area (Å²) in [6.45, 7) is 9.46. The third-order valence-corrected chi connectivity index (χ3v) is 8.07. The zero-order valence-electron chi connectivity index (χ0n) is 24.7. The Balaban J connectivity index is 2.21. The number of hydrogen-bond donors (Lipinski definition) is 0. The minimum absolute atomic E-state index is 0.643. The first kappa shape index (κ1) is 32.4. The fourth-order valence-electron chi connectivity index (χ4n) is 5.66. The molecule has 1 rings (SSSR count). The summed E-state index contributed by atoms with van der Waals surface area (Å²) in [5.41, 5.74) is 0. The lowest BCUT2D eigenvalue weighted by Crippen LogP contribution is -2.39. The van der Waals surface area contributed by atoms with Crippen LogP contribution in [-0.2, 0) is 0 Å². The SMILES string of the molecule is CCCCCCCCCCCCCCC1N(CCCCCCCC)C=CN1CCCCCCCC. The zero-order chi connectivity index (χ0) is 25.2. The quantitative estimate of drug-likeness (QED) is 0.106. The number of nitrogens with zero attached hydrogens (tertiary/aromatic N) is 2. The van der Waals surface area contributed by atoms with Gasteiger partial charge in [0.2, 0.25) is 0 Å². The number of unbranched alkanes of at least 4 members (excludes halogenated alkanes) is 21. The molecule has 208 valence electrons. The molecule has 0 radical (unpaired) electrons. The average Bonchev–Trinajstić information content (AvgIpc) is 3.25. The Labute approximate surface area is 222 Å². The topological polar surface area (TPSA) is 6.48 Å². The largest absolute Gasteiger partial charge is 0.356 e. The molecule has 0 aromatic rings. The predicted molar refractivity (Wildman–Crippen MR) is 159 cm³/mol. The van der Waals surface area contributed by atoms with Crippen LogP contribution >= 0.6 is 0 Å². The van der Waals surface area contributed by atoms with E-state index >= 15 is 0 Å². The van der Waals surface area contributed by atoms with Crippen LogP contribution < -0.4 is 0 Å². The van der Waals surface area contributed by atoms with Crippen molar-refractivity contribution >= 4 is 0 Å². The van der Waals surface area contributed by atoms with Crippen LogP contribution in [0, 0.1) is 0 Å². The Bertz CT molecular complexity index is 420. The highest BCUT2D eigenvalue weighted by Gasteiger charge is 2.24. The van der Waals surface area contributed by atoms with Gasteiger partial charge in [-0.2, -0.15) is 0 Å². The Morgan fingerprint density at radius 3 is 1.00 bits per heavy atom. The van der Waals surface area contributed by atoms with Crippen LogP contribution in [-0.4, -0.2) is 29.1 Å². The second-order valence-corrected chi connectivity index (χ2v) is 11.5. The Morgan fingerprint density at radius 2 is 0.657 bits per heavy atom. The summed E-state index contributed by atoms with van der Waals surface area (Å²) in [6, 6.07) is 0. The summed E-state index contributed by atoms with van der Waals surface area (Å²) in [6.07, 6.45) is 41.0. The van der Waals surface area contributed by atoms with Crippen molar-refractivity contribution in [2.75, 3.05) is 13.1 Å². The molecule has 1 aliphatic heterocycles. The van der Waals surface area contributed by atoms with Crippen LogP contribution in [0.1, 0.15) is 181 Å². The molecule has 2 heteroatoms. The third kappa shape index (κ3) is 18.3. The smallest absolute Gasteiger partial charge is 0.101 e. The van der Waals surface area contributed by atoms with Crippen molar-refractivity contribution in [1.82, 2.24) is 9.80 Å². The molecular weight excluding hydrogens is 424 g/mol. The molecular formula is C33H66N2. The van der Waals surface area contributed by atoms with Crippen molar-refractivity contribution in [2.45, 2.75) is 187 Å². The first-order valence-electron chi connectivity index (χ1n) is 16.5. The molecule has 0 amide bonds. The van der Waals surface area contributed by atoms with E-state index in [-0.39, 0.29) is 0 Å². The first-order valence-corrected chi connectivity index (χ1v) is 16.5. The molecule has 35 heavy (non-hydrogen) atoms. The van der Waals surface area contributed by atoms with Gasteiger partial charge in [-0.3, -0.25) is 0 Å². The molecule has 0 unspecified atom stereocenters. The van der Waals surface area contributed by atoms with Crippen LogP contribution in [0.25, 0.3) is 0 Å². The molecule has 1 heterocycles. The monoisotopic (exact) mass is 491 g/mol. The van der Waals surface area contributed by atoms with E-state index in [9.17, 15) is 0 Å². The molecule has 0 spiro atoms. The molecule has 1 aliphatic rings. The molecule has 0 N–H and O–H groups in total. The molecule has 0 bridgehead atoms. The Morgan fingerprint density at radius 1 is 0.371 bits per heavy atom.